The van der Waals surface area contributed by atoms with Gasteiger partial charge in [-0.1, -0.05) is 35.9 Å². The zero-order valence-electron chi connectivity index (χ0n) is 12.8. The highest BCUT2D eigenvalue weighted by Gasteiger charge is 2.39. The molecule has 2 aromatic rings. The first-order valence-corrected chi connectivity index (χ1v) is 7.54. The molecule has 1 N–H and O–H groups in total. The third-order valence-electron chi connectivity index (χ3n) is 3.54. The number of para-hydroxylation sites is 1. The number of hydrogen-bond acceptors (Lipinski definition) is 3. The van der Waals surface area contributed by atoms with Crippen LogP contribution in [0.1, 0.15) is 11.1 Å². The van der Waals surface area contributed by atoms with Crippen molar-refractivity contribution >= 4 is 34.8 Å². The Morgan fingerprint density at radius 3 is 2.13 bits per heavy atom. The van der Waals surface area contributed by atoms with Gasteiger partial charge in [0.05, 0.1) is 5.69 Å². The van der Waals surface area contributed by atoms with Crippen LogP contribution in [0.5, 0.6) is 0 Å². The molecule has 116 valence electrons. The Kier molecular flexibility index (Phi) is 3.92. The van der Waals surface area contributed by atoms with E-state index < -0.39 is 11.8 Å². The van der Waals surface area contributed by atoms with Crippen LogP contribution in [0, 0.1) is 13.8 Å². The van der Waals surface area contributed by atoms with E-state index in [1.165, 1.54) is 0 Å². The average molecular weight is 327 g/mol. The van der Waals surface area contributed by atoms with Gasteiger partial charge in [0.2, 0.25) is 0 Å². The summed E-state index contributed by atoms with van der Waals surface area (Å²) >= 11 is 6.10. The van der Waals surface area contributed by atoms with Crippen molar-refractivity contribution < 1.29 is 9.59 Å². The highest BCUT2D eigenvalue weighted by atomic mass is 35.5. The Morgan fingerprint density at radius 1 is 0.913 bits per heavy atom. The highest BCUT2D eigenvalue weighted by Crippen LogP contribution is 2.31. The summed E-state index contributed by atoms with van der Waals surface area (Å²) < 4.78 is 0. The lowest BCUT2D eigenvalue weighted by molar-refractivity contribution is -0.120. The Labute approximate surface area is 139 Å². The lowest BCUT2D eigenvalue weighted by Crippen LogP contribution is -2.32. The molecule has 3 rings (SSSR count). The molecule has 0 saturated carbocycles. The average Bonchev–Trinajstić information content (AvgIpc) is 2.71. The van der Waals surface area contributed by atoms with Crippen molar-refractivity contribution in [3.63, 3.8) is 0 Å². The summed E-state index contributed by atoms with van der Waals surface area (Å²) in [6.07, 6.45) is 0. The predicted molar refractivity (Wildman–Crippen MR) is 91.4 cm³/mol. The van der Waals surface area contributed by atoms with Gasteiger partial charge < -0.3 is 5.32 Å². The quantitative estimate of drug-likeness (QED) is 0.874. The normalized spacial score (nSPS) is 14.7. The minimum Gasteiger partial charge on any atom is -0.350 e. The van der Waals surface area contributed by atoms with Crippen LogP contribution in [0.2, 0.25) is 0 Å². The summed E-state index contributed by atoms with van der Waals surface area (Å²) in [5.41, 5.74) is 3.27. The summed E-state index contributed by atoms with van der Waals surface area (Å²) in [4.78, 5) is 26.2. The molecule has 1 heterocycles. The molecule has 1 aliphatic rings. The van der Waals surface area contributed by atoms with Gasteiger partial charge >= 0.3 is 0 Å². The molecule has 23 heavy (non-hydrogen) atoms. The van der Waals surface area contributed by atoms with Crippen molar-refractivity contribution in [1.82, 2.24) is 0 Å². The number of nitrogens with zero attached hydrogens (tertiary/aromatic N) is 1. The smallest absolute Gasteiger partial charge is 0.283 e. The molecule has 0 aromatic heterocycles. The molecule has 5 heteroatoms. The molecule has 0 unspecified atom stereocenters. The Hall–Kier alpha value is -2.59. The van der Waals surface area contributed by atoms with Crippen LogP contribution in [0.3, 0.4) is 0 Å². The minimum absolute atomic E-state index is 0.0991. The first-order valence-electron chi connectivity index (χ1n) is 7.16. The predicted octanol–water partition coefficient (Wildman–Crippen LogP) is 3.74. The third kappa shape index (κ3) is 2.85. The molecule has 0 spiro atoms. The minimum atomic E-state index is -0.514. The van der Waals surface area contributed by atoms with Gasteiger partial charge in [-0.2, -0.15) is 0 Å². The summed E-state index contributed by atoms with van der Waals surface area (Å²) in [7, 11) is 0. The van der Waals surface area contributed by atoms with E-state index in [2.05, 4.69) is 5.32 Å². The van der Waals surface area contributed by atoms with Crippen LogP contribution in [0.25, 0.3) is 0 Å². The number of aryl methyl sites for hydroxylation is 2. The van der Waals surface area contributed by atoms with Crippen LogP contribution in [0.4, 0.5) is 11.4 Å². The van der Waals surface area contributed by atoms with Crippen LogP contribution >= 0.6 is 11.6 Å². The maximum absolute atomic E-state index is 12.7. The number of rotatable bonds is 3. The zero-order chi connectivity index (χ0) is 16.6. The molecule has 4 nitrogen and oxygen atoms in total. The van der Waals surface area contributed by atoms with Crippen molar-refractivity contribution in [3.05, 3.63) is 70.4 Å². The summed E-state index contributed by atoms with van der Waals surface area (Å²) in [5, 5.41) is 2.84. The van der Waals surface area contributed by atoms with Gasteiger partial charge in [-0.3, -0.25) is 9.59 Å². The largest absolute Gasteiger partial charge is 0.350 e. The third-order valence-corrected chi connectivity index (χ3v) is 3.89. The molecule has 0 bridgehead atoms. The van der Waals surface area contributed by atoms with Crippen molar-refractivity contribution in [1.29, 1.82) is 0 Å². The van der Waals surface area contributed by atoms with Crippen LogP contribution in [-0.4, -0.2) is 11.8 Å². The molecule has 0 atom stereocenters. The van der Waals surface area contributed by atoms with E-state index in [0.29, 0.717) is 11.4 Å². The number of amides is 2. The van der Waals surface area contributed by atoms with Gasteiger partial charge in [0.1, 0.15) is 10.7 Å². The number of nitrogens with one attached hydrogen (secondary N) is 1. The van der Waals surface area contributed by atoms with Gasteiger partial charge in [-0.15, -0.1) is 0 Å². The Morgan fingerprint density at radius 2 is 1.52 bits per heavy atom. The number of anilines is 2. The van der Waals surface area contributed by atoms with E-state index in [0.717, 1.165) is 16.0 Å². The molecule has 2 aromatic carbocycles. The summed E-state index contributed by atoms with van der Waals surface area (Å²) in [6, 6.07) is 14.7. The van der Waals surface area contributed by atoms with Gasteiger partial charge in [0.15, 0.2) is 0 Å². The van der Waals surface area contributed by atoms with Gasteiger partial charge in [0, 0.05) is 5.69 Å². The summed E-state index contributed by atoms with van der Waals surface area (Å²) in [5.74, 6) is -0.964. The van der Waals surface area contributed by atoms with E-state index in [9.17, 15) is 9.59 Å². The lowest BCUT2D eigenvalue weighted by atomic mass is 10.1. The maximum Gasteiger partial charge on any atom is 0.283 e. The second-order valence-electron chi connectivity index (χ2n) is 5.47. The van der Waals surface area contributed by atoms with Crippen molar-refractivity contribution in [2.45, 2.75) is 13.8 Å². The molecule has 2 amide bonds. The lowest BCUT2D eigenvalue weighted by Gasteiger charge is -2.16. The van der Waals surface area contributed by atoms with E-state index in [4.69, 9.17) is 11.6 Å². The molecule has 0 fully saturated rings. The highest BCUT2D eigenvalue weighted by molar-refractivity contribution is 6.53. The number of benzene rings is 2. The number of halogens is 1. The molecule has 1 aliphatic heterocycles. The van der Waals surface area contributed by atoms with E-state index in [1.54, 1.807) is 24.3 Å². The van der Waals surface area contributed by atoms with Crippen LogP contribution < -0.4 is 10.2 Å². The van der Waals surface area contributed by atoms with Gasteiger partial charge in [-0.25, -0.2) is 4.90 Å². The topological polar surface area (TPSA) is 49.4 Å². The second-order valence-corrected chi connectivity index (χ2v) is 5.85. The van der Waals surface area contributed by atoms with Crippen LogP contribution in [0.15, 0.2) is 59.3 Å². The van der Waals surface area contributed by atoms with Crippen molar-refractivity contribution in [2.75, 3.05) is 10.2 Å². The molecule has 0 radical (unpaired) electrons. The standard InChI is InChI=1S/C18H15ClN2O2/c1-11-8-12(2)10-14(9-11)21-17(22)15(19)16(18(21)23)20-13-6-4-3-5-7-13/h3-10,20H,1-2H3. The SMILES string of the molecule is Cc1cc(C)cc(N2C(=O)C(Cl)=C(Nc3ccccc3)C2=O)c1. The molecular weight excluding hydrogens is 312 g/mol. The van der Waals surface area contributed by atoms with E-state index in [1.807, 2.05) is 38.1 Å². The van der Waals surface area contributed by atoms with Crippen LogP contribution in [-0.2, 0) is 9.59 Å². The van der Waals surface area contributed by atoms with E-state index in [-0.39, 0.29) is 10.7 Å². The van der Waals surface area contributed by atoms with Crippen molar-refractivity contribution in [2.24, 2.45) is 0 Å². The fourth-order valence-electron chi connectivity index (χ4n) is 2.59. The number of hydrogen-bond donors (Lipinski definition) is 1. The number of imide groups is 1. The molecular formula is C18H15ClN2O2. The second kappa shape index (κ2) is 5.89. The van der Waals surface area contributed by atoms with Crippen molar-refractivity contribution in [3.8, 4) is 0 Å². The maximum atomic E-state index is 12.7. The summed E-state index contributed by atoms with van der Waals surface area (Å²) in [6.45, 7) is 3.83. The molecule has 0 saturated heterocycles. The van der Waals surface area contributed by atoms with Gasteiger partial charge in [0.25, 0.3) is 11.8 Å². The van der Waals surface area contributed by atoms with Gasteiger partial charge in [-0.05, 0) is 49.2 Å². The number of carbonyl (C=O) groups is 2. The van der Waals surface area contributed by atoms with E-state index >= 15 is 0 Å². The Bertz CT molecular complexity index is 808. The fraction of sp³-hybridized carbons (Fsp3) is 0.111. The molecule has 0 aliphatic carbocycles. The monoisotopic (exact) mass is 326 g/mol. The first-order chi connectivity index (χ1) is 11.0. The number of carbonyl (C=O) groups excluding carboxylic acids is 2. The first kappa shape index (κ1) is 15.3. The Balaban J connectivity index is 1.95. The fourth-order valence-corrected chi connectivity index (χ4v) is 2.80. The zero-order valence-corrected chi connectivity index (χ0v) is 13.5.